The van der Waals surface area contributed by atoms with Crippen molar-refractivity contribution in [2.45, 2.75) is 18.1 Å². The Bertz CT molecular complexity index is 776. The zero-order valence-electron chi connectivity index (χ0n) is 16.0. The van der Waals surface area contributed by atoms with Gasteiger partial charge in [0.1, 0.15) is 5.60 Å². The summed E-state index contributed by atoms with van der Waals surface area (Å²) in [4.78, 5) is 29.6. The van der Waals surface area contributed by atoms with Gasteiger partial charge in [-0.25, -0.2) is 0 Å². The molecule has 2 bridgehead atoms. The number of hydrogen-bond donors (Lipinski definition) is 0. The fourth-order valence-electron chi connectivity index (χ4n) is 4.51. The first-order chi connectivity index (χ1) is 12.9. The van der Waals surface area contributed by atoms with Gasteiger partial charge in [-0.3, -0.25) is 14.3 Å². The second-order valence-corrected chi connectivity index (χ2v) is 7.68. The van der Waals surface area contributed by atoms with Crippen molar-refractivity contribution in [3.63, 3.8) is 0 Å². The maximum atomic E-state index is 13.2. The van der Waals surface area contributed by atoms with E-state index < -0.39 is 17.4 Å². The van der Waals surface area contributed by atoms with Crippen molar-refractivity contribution in [2.75, 3.05) is 40.4 Å². The SMILES string of the molecule is COCCN1C[C@]23C=C[C@H](O2)C(C(=O)N(C)CCc2cnn(C)c2)C3C1=O. The molecule has 0 aliphatic carbocycles. The molecule has 8 nitrogen and oxygen atoms in total. The van der Waals surface area contributed by atoms with Crippen molar-refractivity contribution >= 4 is 11.8 Å². The normalized spacial score (nSPS) is 31.0. The molecule has 4 heterocycles. The van der Waals surface area contributed by atoms with Crippen molar-refractivity contribution in [3.8, 4) is 0 Å². The first-order valence-corrected chi connectivity index (χ1v) is 9.32. The molecular weight excluding hydrogens is 348 g/mol. The van der Waals surface area contributed by atoms with Crippen molar-refractivity contribution in [2.24, 2.45) is 18.9 Å². The minimum Gasteiger partial charge on any atom is -0.383 e. The number of amides is 2. The van der Waals surface area contributed by atoms with E-state index >= 15 is 0 Å². The Hall–Kier alpha value is -2.19. The van der Waals surface area contributed by atoms with Gasteiger partial charge >= 0.3 is 0 Å². The summed E-state index contributed by atoms with van der Waals surface area (Å²) in [5.41, 5.74) is 0.431. The largest absolute Gasteiger partial charge is 0.383 e. The minimum atomic E-state index is -0.653. The van der Waals surface area contributed by atoms with E-state index in [2.05, 4.69) is 5.10 Å². The average Bonchev–Trinajstić information content (AvgIpc) is 3.39. The van der Waals surface area contributed by atoms with Gasteiger partial charge in [0.2, 0.25) is 11.8 Å². The molecule has 2 saturated heterocycles. The molecular formula is C19H26N4O4. The lowest BCUT2D eigenvalue weighted by atomic mass is 9.76. The van der Waals surface area contributed by atoms with Gasteiger partial charge in [-0.05, 0) is 12.0 Å². The first kappa shape index (κ1) is 18.2. The molecule has 4 rings (SSSR count). The van der Waals surface area contributed by atoms with Crippen LogP contribution in [0.5, 0.6) is 0 Å². The number of likely N-dealkylation sites (tertiary alicyclic amines) is 1. The second-order valence-electron chi connectivity index (χ2n) is 7.68. The summed E-state index contributed by atoms with van der Waals surface area (Å²) in [5, 5.41) is 4.16. The Morgan fingerprint density at radius 3 is 3.04 bits per heavy atom. The molecule has 0 aromatic carbocycles. The summed E-state index contributed by atoms with van der Waals surface area (Å²) < 4.78 is 13.0. The number of likely N-dealkylation sites (N-methyl/N-ethyl adjacent to an activating group) is 1. The Morgan fingerprint density at radius 2 is 2.33 bits per heavy atom. The monoisotopic (exact) mass is 374 g/mol. The van der Waals surface area contributed by atoms with Crippen LogP contribution in [0, 0.1) is 11.8 Å². The van der Waals surface area contributed by atoms with E-state index in [-0.39, 0.29) is 17.9 Å². The van der Waals surface area contributed by atoms with Crippen LogP contribution in [0.25, 0.3) is 0 Å². The number of carbonyl (C=O) groups excluding carboxylic acids is 2. The second kappa shape index (κ2) is 6.76. The van der Waals surface area contributed by atoms with Crippen molar-refractivity contribution in [1.29, 1.82) is 0 Å². The van der Waals surface area contributed by atoms with Crippen LogP contribution in [0.2, 0.25) is 0 Å². The lowest BCUT2D eigenvalue weighted by Crippen LogP contribution is -2.45. The fourth-order valence-corrected chi connectivity index (χ4v) is 4.51. The third-order valence-corrected chi connectivity index (χ3v) is 5.90. The molecule has 2 unspecified atom stereocenters. The fraction of sp³-hybridized carbons (Fsp3) is 0.632. The number of ether oxygens (including phenoxy) is 2. The lowest BCUT2D eigenvalue weighted by molar-refractivity contribution is -0.142. The number of methoxy groups -OCH3 is 1. The molecule has 0 radical (unpaired) electrons. The molecule has 2 amide bonds. The van der Waals surface area contributed by atoms with Crippen LogP contribution >= 0.6 is 0 Å². The van der Waals surface area contributed by atoms with E-state index in [9.17, 15) is 9.59 Å². The van der Waals surface area contributed by atoms with Crippen LogP contribution < -0.4 is 0 Å². The summed E-state index contributed by atoms with van der Waals surface area (Å²) >= 11 is 0. The third kappa shape index (κ3) is 2.96. The number of fused-ring (bicyclic) bond motifs is 1. The topological polar surface area (TPSA) is 76.9 Å². The van der Waals surface area contributed by atoms with Gasteiger partial charge in [0, 0.05) is 40.5 Å². The number of rotatable bonds is 7. The summed E-state index contributed by atoms with van der Waals surface area (Å²) in [7, 11) is 5.28. The summed E-state index contributed by atoms with van der Waals surface area (Å²) in [6.45, 7) is 2.08. The van der Waals surface area contributed by atoms with Crippen LogP contribution in [-0.4, -0.2) is 83.5 Å². The highest BCUT2D eigenvalue weighted by molar-refractivity contribution is 5.93. The Balaban J connectivity index is 1.46. The smallest absolute Gasteiger partial charge is 0.230 e. The number of aromatic nitrogens is 2. The quantitative estimate of drug-likeness (QED) is 0.621. The van der Waals surface area contributed by atoms with Gasteiger partial charge < -0.3 is 19.3 Å². The molecule has 1 spiro atoms. The Kier molecular flexibility index (Phi) is 4.55. The molecule has 2 fully saturated rings. The molecule has 0 N–H and O–H groups in total. The van der Waals surface area contributed by atoms with Gasteiger partial charge in [-0.15, -0.1) is 0 Å². The van der Waals surface area contributed by atoms with Gasteiger partial charge in [0.25, 0.3) is 0 Å². The van der Waals surface area contributed by atoms with Gasteiger partial charge in [0.05, 0.1) is 37.3 Å². The molecule has 1 aromatic heterocycles. The first-order valence-electron chi connectivity index (χ1n) is 9.32. The van der Waals surface area contributed by atoms with E-state index in [0.717, 1.165) is 12.0 Å². The summed E-state index contributed by atoms with van der Waals surface area (Å²) in [6, 6.07) is 0. The summed E-state index contributed by atoms with van der Waals surface area (Å²) in [5.74, 6) is -0.911. The molecule has 0 saturated carbocycles. The maximum Gasteiger partial charge on any atom is 0.230 e. The van der Waals surface area contributed by atoms with Gasteiger partial charge in [0.15, 0.2) is 0 Å². The lowest BCUT2D eigenvalue weighted by Gasteiger charge is -2.27. The van der Waals surface area contributed by atoms with Crippen LogP contribution in [0.15, 0.2) is 24.5 Å². The number of carbonyl (C=O) groups is 2. The molecule has 4 atom stereocenters. The molecule has 8 heteroatoms. The molecule has 146 valence electrons. The van der Waals surface area contributed by atoms with Crippen LogP contribution in [-0.2, 0) is 32.5 Å². The van der Waals surface area contributed by atoms with Gasteiger partial charge in [-0.2, -0.15) is 5.10 Å². The molecule has 27 heavy (non-hydrogen) atoms. The standard InChI is InChI=1S/C19H26N4O4/c1-21(7-5-13-10-20-22(2)11-13)17(24)15-14-4-6-19(27-14)12-23(8-9-26-3)18(25)16(15)19/h4,6,10-11,14-16H,5,7-9,12H2,1-3H3/t14-,15?,16?,19-/m0/s1. The van der Waals surface area contributed by atoms with Crippen LogP contribution in [0.1, 0.15) is 5.56 Å². The minimum absolute atomic E-state index is 0.00194. The van der Waals surface area contributed by atoms with E-state index in [1.807, 2.05) is 31.6 Å². The van der Waals surface area contributed by atoms with Crippen LogP contribution in [0.4, 0.5) is 0 Å². The number of nitrogens with zero attached hydrogens (tertiary/aromatic N) is 4. The van der Waals surface area contributed by atoms with E-state index in [1.165, 1.54) is 0 Å². The number of hydrogen-bond acceptors (Lipinski definition) is 5. The third-order valence-electron chi connectivity index (χ3n) is 5.90. The summed E-state index contributed by atoms with van der Waals surface area (Å²) in [6.07, 6.45) is 8.11. The Labute approximate surface area is 158 Å². The predicted octanol–water partition coefficient (Wildman–Crippen LogP) is -0.151. The molecule has 1 aromatic rings. The molecule has 3 aliphatic rings. The van der Waals surface area contributed by atoms with E-state index in [0.29, 0.717) is 26.2 Å². The van der Waals surface area contributed by atoms with Crippen molar-refractivity contribution in [1.82, 2.24) is 19.6 Å². The highest BCUT2D eigenvalue weighted by Gasteiger charge is 2.66. The van der Waals surface area contributed by atoms with Crippen LogP contribution in [0.3, 0.4) is 0 Å². The highest BCUT2D eigenvalue weighted by atomic mass is 16.5. The maximum absolute atomic E-state index is 13.2. The molecule has 3 aliphatic heterocycles. The zero-order chi connectivity index (χ0) is 19.2. The Morgan fingerprint density at radius 1 is 1.52 bits per heavy atom. The van der Waals surface area contributed by atoms with E-state index in [4.69, 9.17) is 9.47 Å². The zero-order valence-corrected chi connectivity index (χ0v) is 16.0. The van der Waals surface area contributed by atoms with Crippen molar-refractivity contribution in [3.05, 3.63) is 30.1 Å². The average molecular weight is 374 g/mol. The highest BCUT2D eigenvalue weighted by Crippen LogP contribution is 2.52. The van der Waals surface area contributed by atoms with Gasteiger partial charge in [-0.1, -0.05) is 12.2 Å². The van der Waals surface area contributed by atoms with Crippen molar-refractivity contribution < 1.29 is 19.1 Å². The number of aryl methyl sites for hydroxylation is 1. The van der Waals surface area contributed by atoms with E-state index in [1.54, 1.807) is 28.6 Å². The predicted molar refractivity (Wildman–Crippen MR) is 96.7 cm³/mol.